The van der Waals surface area contributed by atoms with Crippen molar-refractivity contribution in [3.63, 3.8) is 0 Å². The lowest BCUT2D eigenvalue weighted by molar-refractivity contribution is -0.146. The highest BCUT2D eigenvalue weighted by molar-refractivity contribution is 6.40. The molecule has 0 aromatic heterocycles. The van der Waals surface area contributed by atoms with Crippen molar-refractivity contribution in [3.8, 4) is 0 Å². The van der Waals surface area contributed by atoms with Crippen LogP contribution in [0.25, 0.3) is 0 Å². The van der Waals surface area contributed by atoms with Gasteiger partial charge < -0.3 is 9.80 Å². The molecule has 1 aliphatic heterocycles. The lowest BCUT2D eigenvalue weighted by atomic mass is 10.1. The van der Waals surface area contributed by atoms with Gasteiger partial charge in [-0.05, 0) is 30.2 Å². The molecule has 0 aliphatic carbocycles. The smallest absolute Gasteiger partial charge is 0.316 e. The Labute approximate surface area is 130 Å². The summed E-state index contributed by atoms with van der Waals surface area (Å²) in [5, 5.41) is 0. The number of carbonyl (C=O) groups is 2. The van der Waals surface area contributed by atoms with Gasteiger partial charge in [-0.15, -0.1) is 0 Å². The van der Waals surface area contributed by atoms with Crippen LogP contribution in [-0.4, -0.2) is 29.8 Å². The monoisotopic (exact) mass is 294 g/mol. The molecule has 1 heterocycles. The molecular weight excluding hydrogens is 276 g/mol. The molecular formula is C18H18N2O2. The average molecular weight is 294 g/mol. The second-order valence-corrected chi connectivity index (χ2v) is 5.45. The van der Waals surface area contributed by atoms with E-state index < -0.39 is 11.8 Å². The fourth-order valence-corrected chi connectivity index (χ4v) is 2.67. The predicted octanol–water partition coefficient (Wildman–Crippen LogP) is 2.37. The second kappa shape index (κ2) is 6.02. The Balaban J connectivity index is 1.75. The molecule has 3 rings (SSSR count). The molecule has 4 nitrogen and oxygen atoms in total. The Morgan fingerprint density at radius 2 is 1.55 bits per heavy atom. The Hall–Kier alpha value is -2.62. The molecule has 4 heteroatoms. The molecule has 1 aliphatic rings. The summed E-state index contributed by atoms with van der Waals surface area (Å²) in [6.45, 7) is 3.58. The van der Waals surface area contributed by atoms with Crippen LogP contribution in [0.3, 0.4) is 0 Å². The normalized spacial score (nSPS) is 15.3. The highest BCUT2D eigenvalue weighted by atomic mass is 16.2. The third-order valence-corrected chi connectivity index (χ3v) is 4.00. The summed E-state index contributed by atoms with van der Waals surface area (Å²) in [5.41, 5.74) is 2.99. The minimum absolute atomic E-state index is 0.432. The van der Waals surface area contributed by atoms with Crippen LogP contribution in [-0.2, 0) is 16.1 Å². The van der Waals surface area contributed by atoms with E-state index in [-0.39, 0.29) is 0 Å². The minimum Gasteiger partial charge on any atom is -0.328 e. The van der Waals surface area contributed by atoms with Gasteiger partial charge in [0.25, 0.3) is 0 Å². The van der Waals surface area contributed by atoms with Crippen LogP contribution >= 0.6 is 0 Å². The van der Waals surface area contributed by atoms with E-state index in [9.17, 15) is 9.59 Å². The maximum atomic E-state index is 12.4. The number of hydrogen-bond donors (Lipinski definition) is 0. The number of benzene rings is 2. The minimum atomic E-state index is -0.453. The molecule has 1 saturated heterocycles. The molecule has 0 spiro atoms. The summed E-state index contributed by atoms with van der Waals surface area (Å²) in [7, 11) is 0. The standard InChI is InChI=1S/C18H18N2O2/c1-14-7-5-6-8-15(14)13-19-11-12-20(18(22)17(19)21)16-9-3-2-4-10-16/h2-10H,11-13H2,1H3. The van der Waals surface area contributed by atoms with E-state index in [1.54, 1.807) is 9.80 Å². The number of amides is 2. The van der Waals surface area contributed by atoms with Gasteiger partial charge in [-0.2, -0.15) is 0 Å². The lowest BCUT2D eigenvalue weighted by Crippen LogP contribution is -2.54. The van der Waals surface area contributed by atoms with Crippen molar-refractivity contribution in [3.05, 3.63) is 65.7 Å². The van der Waals surface area contributed by atoms with Gasteiger partial charge in [-0.25, -0.2) is 0 Å². The van der Waals surface area contributed by atoms with Gasteiger partial charge in [0, 0.05) is 25.3 Å². The Kier molecular flexibility index (Phi) is 3.92. The van der Waals surface area contributed by atoms with Crippen LogP contribution in [0.4, 0.5) is 5.69 Å². The van der Waals surface area contributed by atoms with Gasteiger partial charge in [0.1, 0.15) is 0 Å². The van der Waals surface area contributed by atoms with Crippen LogP contribution in [0.15, 0.2) is 54.6 Å². The van der Waals surface area contributed by atoms with Gasteiger partial charge in [0.15, 0.2) is 0 Å². The molecule has 0 radical (unpaired) electrons. The van der Waals surface area contributed by atoms with Crippen LogP contribution in [0, 0.1) is 6.92 Å². The Bertz CT molecular complexity index is 697. The van der Waals surface area contributed by atoms with Gasteiger partial charge in [-0.1, -0.05) is 42.5 Å². The lowest BCUT2D eigenvalue weighted by Gasteiger charge is -2.34. The van der Waals surface area contributed by atoms with E-state index in [1.807, 2.05) is 61.5 Å². The van der Waals surface area contributed by atoms with Gasteiger partial charge in [0.05, 0.1) is 0 Å². The summed E-state index contributed by atoms with van der Waals surface area (Å²) in [4.78, 5) is 27.9. The highest BCUT2D eigenvalue weighted by Crippen LogP contribution is 2.19. The summed E-state index contributed by atoms with van der Waals surface area (Å²) in [5.74, 6) is -0.885. The zero-order valence-corrected chi connectivity index (χ0v) is 12.5. The number of rotatable bonds is 3. The van der Waals surface area contributed by atoms with Crippen molar-refractivity contribution in [1.82, 2.24) is 4.90 Å². The van der Waals surface area contributed by atoms with Crippen molar-refractivity contribution in [2.24, 2.45) is 0 Å². The molecule has 0 unspecified atom stereocenters. The molecule has 0 saturated carbocycles. The Morgan fingerprint density at radius 1 is 0.864 bits per heavy atom. The molecule has 0 atom stereocenters. The maximum absolute atomic E-state index is 12.4. The zero-order valence-electron chi connectivity index (χ0n) is 12.5. The molecule has 1 fully saturated rings. The van der Waals surface area contributed by atoms with Crippen LogP contribution < -0.4 is 4.90 Å². The predicted molar refractivity (Wildman–Crippen MR) is 85.4 cm³/mol. The molecule has 2 aromatic rings. The SMILES string of the molecule is Cc1ccccc1CN1CCN(c2ccccc2)C(=O)C1=O. The third kappa shape index (κ3) is 2.72. The summed E-state index contributed by atoms with van der Waals surface area (Å²) in [6, 6.07) is 17.3. The summed E-state index contributed by atoms with van der Waals surface area (Å²) in [6.07, 6.45) is 0. The first kappa shape index (κ1) is 14.3. The zero-order chi connectivity index (χ0) is 15.5. The molecule has 2 aromatic carbocycles. The first-order chi connectivity index (χ1) is 10.7. The fraction of sp³-hybridized carbons (Fsp3) is 0.222. The topological polar surface area (TPSA) is 40.6 Å². The molecule has 2 amide bonds. The second-order valence-electron chi connectivity index (χ2n) is 5.45. The van der Waals surface area contributed by atoms with E-state index in [0.717, 1.165) is 16.8 Å². The van der Waals surface area contributed by atoms with Crippen molar-refractivity contribution >= 4 is 17.5 Å². The van der Waals surface area contributed by atoms with Crippen molar-refractivity contribution in [1.29, 1.82) is 0 Å². The number of para-hydroxylation sites is 1. The number of hydrogen-bond acceptors (Lipinski definition) is 2. The fourth-order valence-electron chi connectivity index (χ4n) is 2.67. The first-order valence-electron chi connectivity index (χ1n) is 7.37. The van der Waals surface area contributed by atoms with Crippen molar-refractivity contribution < 1.29 is 9.59 Å². The number of piperazine rings is 1. The summed E-state index contributed by atoms with van der Waals surface area (Å²) >= 11 is 0. The molecule has 0 bridgehead atoms. The third-order valence-electron chi connectivity index (χ3n) is 4.00. The first-order valence-corrected chi connectivity index (χ1v) is 7.37. The number of nitrogens with zero attached hydrogens (tertiary/aromatic N) is 2. The van der Waals surface area contributed by atoms with Crippen LogP contribution in [0.1, 0.15) is 11.1 Å². The van der Waals surface area contributed by atoms with Crippen molar-refractivity contribution in [2.75, 3.05) is 18.0 Å². The van der Waals surface area contributed by atoms with E-state index in [1.165, 1.54) is 0 Å². The quantitative estimate of drug-likeness (QED) is 0.815. The highest BCUT2D eigenvalue weighted by Gasteiger charge is 2.33. The van der Waals surface area contributed by atoms with Gasteiger partial charge >= 0.3 is 11.8 Å². The maximum Gasteiger partial charge on any atom is 0.316 e. The average Bonchev–Trinajstić information content (AvgIpc) is 2.55. The molecule has 112 valence electrons. The van der Waals surface area contributed by atoms with Crippen molar-refractivity contribution in [2.45, 2.75) is 13.5 Å². The van der Waals surface area contributed by atoms with E-state index in [4.69, 9.17) is 0 Å². The largest absolute Gasteiger partial charge is 0.328 e. The number of carbonyl (C=O) groups excluding carboxylic acids is 2. The number of anilines is 1. The summed E-state index contributed by atoms with van der Waals surface area (Å²) < 4.78 is 0. The van der Waals surface area contributed by atoms with E-state index in [0.29, 0.717) is 19.6 Å². The molecule has 22 heavy (non-hydrogen) atoms. The molecule has 0 N–H and O–H groups in total. The van der Waals surface area contributed by atoms with Crippen LogP contribution in [0.2, 0.25) is 0 Å². The van der Waals surface area contributed by atoms with Gasteiger partial charge in [0.2, 0.25) is 0 Å². The van der Waals surface area contributed by atoms with E-state index in [2.05, 4.69) is 0 Å². The van der Waals surface area contributed by atoms with Gasteiger partial charge in [-0.3, -0.25) is 9.59 Å². The number of aryl methyl sites for hydroxylation is 1. The van der Waals surface area contributed by atoms with Crippen LogP contribution in [0.5, 0.6) is 0 Å². The Morgan fingerprint density at radius 3 is 2.27 bits per heavy atom. The van der Waals surface area contributed by atoms with E-state index >= 15 is 0 Å².